The van der Waals surface area contributed by atoms with Crippen LogP contribution in [0, 0.1) is 11.3 Å². The highest BCUT2D eigenvalue weighted by atomic mass is 16.3. The minimum absolute atomic E-state index is 0.447. The number of rotatable bonds is 0. The lowest BCUT2D eigenvalue weighted by atomic mass is 10.0. The van der Waals surface area contributed by atoms with E-state index in [-0.39, 0.29) is 0 Å². The van der Waals surface area contributed by atoms with Crippen LogP contribution in [0.25, 0.3) is 0 Å². The van der Waals surface area contributed by atoms with Gasteiger partial charge in [-0.3, -0.25) is 0 Å². The molecule has 3 N–H and O–H groups in total. The summed E-state index contributed by atoms with van der Waals surface area (Å²) in [5.74, 6) is 0. The Morgan fingerprint density at radius 3 is 3.00 bits per heavy atom. The van der Waals surface area contributed by atoms with Crippen molar-refractivity contribution in [3.63, 3.8) is 0 Å². The molecule has 1 aromatic rings. The SMILES string of the molecule is N#Cc1c(N)ccc2c1C(O)CC2. The van der Waals surface area contributed by atoms with Gasteiger partial charge < -0.3 is 10.8 Å². The number of fused-ring (bicyclic) bond motifs is 1. The van der Waals surface area contributed by atoms with E-state index >= 15 is 0 Å². The predicted molar refractivity (Wildman–Crippen MR) is 48.9 cm³/mol. The molecule has 1 atom stereocenters. The average molecular weight is 174 g/mol. The van der Waals surface area contributed by atoms with E-state index in [1.54, 1.807) is 6.07 Å². The number of hydrogen-bond donors (Lipinski definition) is 2. The molecule has 0 saturated carbocycles. The van der Waals surface area contributed by atoms with Crippen molar-refractivity contribution in [2.45, 2.75) is 18.9 Å². The predicted octanol–water partition coefficient (Wildman–Crippen LogP) is 1.12. The summed E-state index contributed by atoms with van der Waals surface area (Å²) in [7, 11) is 0. The third-order valence-electron chi connectivity index (χ3n) is 2.50. The van der Waals surface area contributed by atoms with Gasteiger partial charge in [-0.05, 0) is 24.5 Å². The van der Waals surface area contributed by atoms with E-state index in [1.165, 1.54) is 0 Å². The molecule has 0 amide bonds. The molecule has 2 rings (SSSR count). The summed E-state index contributed by atoms with van der Waals surface area (Å²) >= 11 is 0. The summed E-state index contributed by atoms with van der Waals surface area (Å²) < 4.78 is 0. The number of nitrogens with zero attached hydrogens (tertiary/aromatic N) is 1. The van der Waals surface area contributed by atoms with E-state index in [4.69, 9.17) is 11.0 Å². The first-order valence-corrected chi connectivity index (χ1v) is 4.23. The van der Waals surface area contributed by atoms with Crippen LogP contribution in [0.3, 0.4) is 0 Å². The maximum atomic E-state index is 9.61. The average Bonchev–Trinajstić information content (AvgIpc) is 2.49. The smallest absolute Gasteiger partial charge is 0.102 e. The van der Waals surface area contributed by atoms with Crippen molar-refractivity contribution in [1.82, 2.24) is 0 Å². The standard InChI is InChI=1S/C10H10N2O/c11-5-7-8(12)3-1-6-2-4-9(13)10(6)7/h1,3,9,13H,2,4,12H2. The summed E-state index contributed by atoms with van der Waals surface area (Å²) in [4.78, 5) is 0. The fraction of sp³-hybridized carbons (Fsp3) is 0.300. The second kappa shape index (κ2) is 2.75. The number of nitrogens with two attached hydrogens (primary N) is 1. The Bertz CT molecular complexity index is 393. The van der Waals surface area contributed by atoms with E-state index in [9.17, 15) is 5.11 Å². The molecule has 0 aliphatic heterocycles. The van der Waals surface area contributed by atoms with Gasteiger partial charge in [0.15, 0.2) is 0 Å². The summed E-state index contributed by atoms with van der Waals surface area (Å²) in [6.07, 6.45) is 1.03. The van der Waals surface area contributed by atoms with Crippen LogP contribution in [0.1, 0.15) is 29.2 Å². The Morgan fingerprint density at radius 2 is 2.31 bits per heavy atom. The van der Waals surface area contributed by atoms with E-state index in [0.717, 1.165) is 17.5 Å². The first-order chi connectivity index (χ1) is 6.24. The van der Waals surface area contributed by atoms with Crippen LogP contribution in [0.2, 0.25) is 0 Å². The van der Waals surface area contributed by atoms with Gasteiger partial charge in [0.1, 0.15) is 6.07 Å². The molecule has 0 spiro atoms. The third kappa shape index (κ3) is 1.07. The number of aliphatic hydroxyl groups is 1. The highest BCUT2D eigenvalue weighted by molar-refractivity contribution is 5.62. The van der Waals surface area contributed by atoms with Gasteiger partial charge in [0.25, 0.3) is 0 Å². The molecular formula is C10H10N2O. The van der Waals surface area contributed by atoms with E-state index in [0.29, 0.717) is 17.7 Å². The van der Waals surface area contributed by atoms with E-state index in [1.807, 2.05) is 12.1 Å². The Kier molecular flexibility index (Phi) is 1.71. The Balaban J connectivity index is 2.69. The second-order valence-corrected chi connectivity index (χ2v) is 3.27. The van der Waals surface area contributed by atoms with E-state index < -0.39 is 6.10 Å². The number of hydrogen-bond acceptors (Lipinski definition) is 3. The van der Waals surface area contributed by atoms with Gasteiger partial charge in [0.05, 0.1) is 11.7 Å². The summed E-state index contributed by atoms with van der Waals surface area (Å²) in [6.45, 7) is 0. The van der Waals surface area contributed by atoms with Gasteiger partial charge in [-0.1, -0.05) is 6.07 Å². The van der Waals surface area contributed by atoms with Crippen molar-refractivity contribution < 1.29 is 5.11 Å². The minimum atomic E-state index is -0.506. The molecule has 13 heavy (non-hydrogen) atoms. The number of aliphatic hydroxyl groups excluding tert-OH is 1. The maximum Gasteiger partial charge on any atom is 0.102 e. The van der Waals surface area contributed by atoms with Crippen LogP contribution in [0.5, 0.6) is 0 Å². The van der Waals surface area contributed by atoms with Crippen LogP contribution in [0.15, 0.2) is 12.1 Å². The highest BCUT2D eigenvalue weighted by Crippen LogP contribution is 2.35. The fourth-order valence-corrected chi connectivity index (χ4v) is 1.84. The molecule has 0 aromatic heterocycles. The van der Waals surface area contributed by atoms with Crippen molar-refractivity contribution in [1.29, 1.82) is 5.26 Å². The number of anilines is 1. The van der Waals surface area contributed by atoms with E-state index in [2.05, 4.69) is 0 Å². The zero-order valence-electron chi connectivity index (χ0n) is 7.12. The normalized spacial score (nSPS) is 19.5. The van der Waals surface area contributed by atoms with Crippen LogP contribution in [0.4, 0.5) is 5.69 Å². The first-order valence-electron chi connectivity index (χ1n) is 4.23. The molecule has 1 aliphatic carbocycles. The summed E-state index contributed by atoms with van der Waals surface area (Å²) in [5, 5.41) is 18.5. The molecule has 1 unspecified atom stereocenters. The monoisotopic (exact) mass is 174 g/mol. The Labute approximate surface area is 76.4 Å². The Hall–Kier alpha value is -1.53. The summed E-state index contributed by atoms with van der Waals surface area (Å²) in [5.41, 5.74) is 8.33. The molecular weight excluding hydrogens is 164 g/mol. The van der Waals surface area contributed by atoms with Crippen LogP contribution >= 0.6 is 0 Å². The number of benzene rings is 1. The minimum Gasteiger partial charge on any atom is -0.398 e. The van der Waals surface area contributed by atoms with Crippen molar-refractivity contribution >= 4 is 5.69 Å². The fourth-order valence-electron chi connectivity index (χ4n) is 1.84. The van der Waals surface area contributed by atoms with Crippen molar-refractivity contribution in [3.05, 3.63) is 28.8 Å². The first kappa shape index (κ1) is 8.09. The highest BCUT2D eigenvalue weighted by Gasteiger charge is 2.24. The quantitative estimate of drug-likeness (QED) is 0.579. The van der Waals surface area contributed by atoms with Crippen molar-refractivity contribution in [3.8, 4) is 6.07 Å². The molecule has 1 aliphatic rings. The zero-order chi connectivity index (χ0) is 9.42. The Morgan fingerprint density at radius 1 is 1.54 bits per heavy atom. The molecule has 3 nitrogen and oxygen atoms in total. The third-order valence-corrected chi connectivity index (χ3v) is 2.50. The van der Waals surface area contributed by atoms with Gasteiger partial charge in [-0.15, -0.1) is 0 Å². The van der Waals surface area contributed by atoms with Gasteiger partial charge in [0, 0.05) is 11.3 Å². The zero-order valence-corrected chi connectivity index (χ0v) is 7.12. The maximum absolute atomic E-state index is 9.61. The lowest BCUT2D eigenvalue weighted by molar-refractivity contribution is 0.180. The molecule has 0 saturated heterocycles. The number of nitriles is 1. The topological polar surface area (TPSA) is 70.0 Å². The molecule has 1 aromatic carbocycles. The van der Waals surface area contributed by atoms with Gasteiger partial charge in [-0.2, -0.15) is 5.26 Å². The molecule has 0 fully saturated rings. The van der Waals surface area contributed by atoms with Gasteiger partial charge in [-0.25, -0.2) is 0 Å². The molecule has 0 radical (unpaired) electrons. The lowest BCUT2D eigenvalue weighted by Gasteiger charge is -2.07. The molecule has 3 heteroatoms. The largest absolute Gasteiger partial charge is 0.398 e. The lowest BCUT2D eigenvalue weighted by Crippen LogP contribution is -1.99. The molecule has 0 heterocycles. The van der Waals surface area contributed by atoms with Gasteiger partial charge >= 0.3 is 0 Å². The van der Waals surface area contributed by atoms with Crippen LogP contribution in [-0.2, 0) is 6.42 Å². The van der Waals surface area contributed by atoms with Crippen LogP contribution < -0.4 is 5.73 Å². The van der Waals surface area contributed by atoms with Crippen LogP contribution in [-0.4, -0.2) is 5.11 Å². The number of nitrogen functional groups attached to an aromatic ring is 1. The second-order valence-electron chi connectivity index (χ2n) is 3.27. The number of aryl methyl sites for hydroxylation is 1. The van der Waals surface area contributed by atoms with Gasteiger partial charge in [0.2, 0.25) is 0 Å². The van der Waals surface area contributed by atoms with Crippen molar-refractivity contribution in [2.24, 2.45) is 0 Å². The molecule has 0 bridgehead atoms. The molecule has 66 valence electrons. The van der Waals surface area contributed by atoms with Crippen molar-refractivity contribution in [2.75, 3.05) is 5.73 Å². The summed E-state index contributed by atoms with van der Waals surface area (Å²) in [6, 6.07) is 5.66.